The minimum absolute atomic E-state index is 0.831. The monoisotopic (exact) mass is 643 g/mol. The molecule has 49 heavy (non-hydrogen) atoms. The Hall–Kier alpha value is -5.97. The Balaban J connectivity index is 1.19. The molecule has 0 atom stereocenters. The van der Waals surface area contributed by atoms with E-state index < -0.39 is 0 Å². The second kappa shape index (κ2) is 10.3. The molecule has 11 rings (SSSR count). The number of nitrogens with one attached hydrogen (secondary N) is 1. The molecule has 0 radical (unpaired) electrons. The lowest BCUT2D eigenvalue weighted by Gasteiger charge is -2.21. The molecule has 0 saturated heterocycles. The van der Waals surface area contributed by atoms with Gasteiger partial charge < -0.3 is 14.5 Å². The Morgan fingerprint density at radius 2 is 1.20 bits per heavy atom. The van der Waals surface area contributed by atoms with Crippen LogP contribution in [-0.2, 0) is 0 Å². The number of nitrogens with zero attached hydrogens (tertiary/aromatic N) is 2. The van der Waals surface area contributed by atoms with E-state index in [0.717, 1.165) is 6.54 Å². The van der Waals surface area contributed by atoms with Gasteiger partial charge in [-0.1, -0.05) is 96.7 Å². The summed E-state index contributed by atoms with van der Waals surface area (Å²) in [4.78, 5) is 2.63. The lowest BCUT2D eigenvalue weighted by molar-refractivity contribution is 0.962. The molecule has 0 unspecified atom stereocenters. The van der Waals surface area contributed by atoms with Crippen molar-refractivity contribution in [1.29, 1.82) is 0 Å². The van der Waals surface area contributed by atoms with Crippen molar-refractivity contribution in [1.82, 2.24) is 14.5 Å². The van der Waals surface area contributed by atoms with Gasteiger partial charge in [0.2, 0.25) is 0 Å². The van der Waals surface area contributed by atoms with Crippen LogP contribution in [0.4, 0.5) is 0 Å². The van der Waals surface area contributed by atoms with Crippen LogP contribution in [0.15, 0.2) is 168 Å². The summed E-state index contributed by atoms with van der Waals surface area (Å²) in [7, 11) is 0. The molecule has 230 valence electrons. The zero-order chi connectivity index (χ0) is 32.1. The molecule has 4 heteroatoms. The SMILES string of the molecule is C1=CC(n2c3ccccc3c3cc(-c4ccc5c(c4)c4c6cccc7c6c(cc4n5-c4ccccc4)Sc4ccccc4-7)ccc32)=CCN1. The Morgan fingerprint density at radius 1 is 0.490 bits per heavy atom. The first-order valence-corrected chi connectivity index (χ1v) is 17.6. The number of para-hydroxylation sites is 2. The summed E-state index contributed by atoms with van der Waals surface area (Å²) in [5, 5.41) is 11.1. The molecule has 2 aromatic heterocycles. The van der Waals surface area contributed by atoms with E-state index in [1.54, 1.807) is 0 Å². The van der Waals surface area contributed by atoms with Crippen molar-refractivity contribution in [2.75, 3.05) is 6.54 Å². The summed E-state index contributed by atoms with van der Waals surface area (Å²) < 4.78 is 4.85. The number of hydrogen-bond donors (Lipinski definition) is 1. The van der Waals surface area contributed by atoms with E-state index in [4.69, 9.17) is 0 Å². The number of hydrogen-bond acceptors (Lipinski definition) is 2. The fourth-order valence-electron chi connectivity index (χ4n) is 8.23. The van der Waals surface area contributed by atoms with Gasteiger partial charge in [0.1, 0.15) is 0 Å². The quantitative estimate of drug-likeness (QED) is 0.207. The zero-order valence-electron chi connectivity index (χ0n) is 26.5. The number of benzene rings is 7. The summed E-state index contributed by atoms with van der Waals surface area (Å²) in [6, 6.07) is 51.7. The molecule has 7 aromatic carbocycles. The highest BCUT2D eigenvalue weighted by molar-refractivity contribution is 7.99. The molecular formula is C45H29N3S. The molecule has 0 fully saturated rings. The average Bonchev–Trinajstić information content (AvgIpc) is 3.67. The van der Waals surface area contributed by atoms with E-state index in [-0.39, 0.29) is 0 Å². The number of fused-ring (bicyclic) bond motifs is 9. The molecule has 9 aromatic rings. The van der Waals surface area contributed by atoms with Crippen LogP contribution in [0.3, 0.4) is 0 Å². The zero-order valence-corrected chi connectivity index (χ0v) is 27.3. The van der Waals surface area contributed by atoms with Crippen LogP contribution < -0.4 is 5.32 Å². The maximum Gasteiger partial charge on any atom is 0.0558 e. The fraction of sp³-hybridized carbons (Fsp3) is 0.0222. The molecule has 2 aliphatic rings. The molecule has 0 aliphatic carbocycles. The van der Waals surface area contributed by atoms with Gasteiger partial charge in [0.05, 0.1) is 22.1 Å². The third kappa shape index (κ3) is 3.86. The van der Waals surface area contributed by atoms with Crippen LogP contribution in [0.5, 0.6) is 0 Å². The van der Waals surface area contributed by atoms with Gasteiger partial charge in [-0.25, -0.2) is 0 Å². The molecule has 0 bridgehead atoms. The van der Waals surface area contributed by atoms with Crippen molar-refractivity contribution < 1.29 is 0 Å². The summed E-state index contributed by atoms with van der Waals surface area (Å²) >= 11 is 1.89. The van der Waals surface area contributed by atoms with Gasteiger partial charge in [-0.05, 0) is 101 Å². The first-order chi connectivity index (χ1) is 24.3. The number of allylic oxidation sites excluding steroid dienone is 2. The third-order valence-electron chi connectivity index (χ3n) is 10.3. The van der Waals surface area contributed by atoms with Crippen LogP contribution in [0, 0.1) is 0 Å². The molecule has 0 spiro atoms. The molecular weight excluding hydrogens is 615 g/mol. The molecule has 0 saturated carbocycles. The number of rotatable bonds is 3. The first-order valence-electron chi connectivity index (χ1n) is 16.8. The third-order valence-corrected chi connectivity index (χ3v) is 11.4. The van der Waals surface area contributed by atoms with E-state index in [9.17, 15) is 0 Å². The van der Waals surface area contributed by atoms with Crippen LogP contribution in [0.25, 0.3) is 88.0 Å². The standard InChI is InChI=1S/C45H29N3S/c1-2-9-30(10-3-1)48-40-20-18-29(28-17-19-39-36(25-28)32-11-4-6-15-38(32)47(39)31-21-23-46-24-22-31)26-37(40)44-35-14-8-13-34-33-12-5-7-16-42(33)49-43(45(34)35)27-41(44)48/h1-23,25-27,46H,24H2. The van der Waals surface area contributed by atoms with E-state index >= 15 is 0 Å². The smallest absolute Gasteiger partial charge is 0.0558 e. The van der Waals surface area contributed by atoms with E-state index in [1.807, 2.05) is 18.0 Å². The minimum atomic E-state index is 0.831. The minimum Gasteiger partial charge on any atom is -0.387 e. The van der Waals surface area contributed by atoms with Crippen LogP contribution in [0.2, 0.25) is 0 Å². The Bertz CT molecular complexity index is 2900. The summed E-state index contributed by atoms with van der Waals surface area (Å²) in [5.74, 6) is 0. The normalized spacial score (nSPS) is 13.8. The van der Waals surface area contributed by atoms with Gasteiger partial charge in [-0.2, -0.15) is 0 Å². The maximum atomic E-state index is 3.30. The Morgan fingerprint density at radius 3 is 2.06 bits per heavy atom. The maximum absolute atomic E-state index is 3.30. The van der Waals surface area contributed by atoms with Gasteiger partial charge in [-0.15, -0.1) is 0 Å². The van der Waals surface area contributed by atoms with Gasteiger partial charge in [0, 0.05) is 54.7 Å². The topological polar surface area (TPSA) is 21.9 Å². The highest BCUT2D eigenvalue weighted by Gasteiger charge is 2.24. The van der Waals surface area contributed by atoms with Gasteiger partial charge in [-0.3, -0.25) is 0 Å². The van der Waals surface area contributed by atoms with Crippen LogP contribution in [0.1, 0.15) is 0 Å². The van der Waals surface area contributed by atoms with E-state index in [0.29, 0.717) is 0 Å². The summed E-state index contributed by atoms with van der Waals surface area (Å²) in [6.45, 7) is 0.831. The lowest BCUT2D eigenvalue weighted by Crippen LogP contribution is -2.10. The number of dihydropyridines is 1. The first kappa shape index (κ1) is 27.0. The van der Waals surface area contributed by atoms with E-state index in [1.165, 1.54) is 97.8 Å². The number of aromatic nitrogens is 2. The van der Waals surface area contributed by atoms with E-state index in [2.05, 4.69) is 166 Å². The second-order valence-electron chi connectivity index (χ2n) is 13.0. The predicted octanol–water partition coefficient (Wildman–Crippen LogP) is 11.8. The average molecular weight is 644 g/mol. The highest BCUT2D eigenvalue weighted by Crippen LogP contribution is 2.51. The van der Waals surface area contributed by atoms with Crippen molar-refractivity contribution in [3.05, 3.63) is 158 Å². The molecule has 1 N–H and O–H groups in total. The summed E-state index contributed by atoms with van der Waals surface area (Å²) in [6.07, 6.45) is 6.46. The van der Waals surface area contributed by atoms with Crippen LogP contribution >= 0.6 is 11.8 Å². The highest BCUT2D eigenvalue weighted by atomic mass is 32.2. The predicted molar refractivity (Wildman–Crippen MR) is 208 cm³/mol. The van der Waals surface area contributed by atoms with Crippen molar-refractivity contribution in [3.63, 3.8) is 0 Å². The van der Waals surface area contributed by atoms with Crippen molar-refractivity contribution in [3.8, 4) is 27.9 Å². The lowest BCUT2D eigenvalue weighted by atomic mass is 9.94. The molecule has 3 nitrogen and oxygen atoms in total. The van der Waals surface area contributed by atoms with Crippen molar-refractivity contribution in [2.45, 2.75) is 9.79 Å². The molecule has 0 amide bonds. The Kier molecular flexibility index (Phi) is 5.66. The molecule has 2 aliphatic heterocycles. The van der Waals surface area contributed by atoms with Crippen molar-refractivity contribution in [2.24, 2.45) is 0 Å². The van der Waals surface area contributed by atoms with Crippen LogP contribution in [-0.4, -0.2) is 15.7 Å². The van der Waals surface area contributed by atoms with Gasteiger partial charge in [0.15, 0.2) is 0 Å². The Labute approximate surface area is 287 Å². The van der Waals surface area contributed by atoms with Gasteiger partial charge in [0.25, 0.3) is 0 Å². The summed E-state index contributed by atoms with van der Waals surface area (Å²) in [5.41, 5.74) is 12.4. The van der Waals surface area contributed by atoms with Gasteiger partial charge >= 0.3 is 0 Å². The fourth-order valence-corrected chi connectivity index (χ4v) is 9.39. The molecule has 4 heterocycles. The largest absolute Gasteiger partial charge is 0.387 e. The van der Waals surface area contributed by atoms with Crippen molar-refractivity contribution >= 4 is 71.8 Å². The second-order valence-corrected chi connectivity index (χ2v) is 14.0.